The predicted octanol–water partition coefficient (Wildman–Crippen LogP) is 10.0. The van der Waals surface area contributed by atoms with Gasteiger partial charge in [-0.15, -0.1) is 35.7 Å². The number of fused-ring (bicyclic) bond motifs is 3. The fraction of sp³-hybridized carbons (Fsp3) is 0.220. The van der Waals surface area contributed by atoms with Crippen LogP contribution in [0, 0.1) is 32.9 Å². The van der Waals surface area contributed by atoms with E-state index in [1.165, 1.54) is 27.9 Å². The van der Waals surface area contributed by atoms with E-state index in [-0.39, 0.29) is 20.4 Å². The smallest absolute Gasteiger partial charge is 0.509 e. The van der Waals surface area contributed by atoms with Gasteiger partial charge in [-0.3, -0.25) is 4.68 Å². The summed E-state index contributed by atoms with van der Waals surface area (Å²) in [6.07, 6.45) is 4.41. The van der Waals surface area contributed by atoms with Crippen LogP contribution < -0.4 is 4.74 Å². The zero-order valence-corrected chi connectivity index (χ0v) is 29.3. The molecular weight excluding hydrogens is 671 g/mol. The first kappa shape index (κ1) is 32.4. The van der Waals surface area contributed by atoms with E-state index >= 15 is 0 Å². The summed E-state index contributed by atoms with van der Waals surface area (Å²) in [4.78, 5) is 4.72. The molecular formula is C41H38N4OPd. The molecule has 0 fully saturated rings. The maximum Gasteiger partial charge on any atom is 2.00 e. The Bertz CT molecular complexity index is 2220. The van der Waals surface area contributed by atoms with Gasteiger partial charge in [-0.05, 0) is 85.1 Å². The summed E-state index contributed by atoms with van der Waals surface area (Å²) in [7, 11) is 0. The molecule has 0 spiro atoms. The first-order valence-electron chi connectivity index (χ1n) is 16.2. The molecule has 0 amide bonds. The molecule has 47 heavy (non-hydrogen) atoms. The second-order valence-electron chi connectivity index (χ2n) is 12.0. The van der Waals surface area contributed by atoms with Gasteiger partial charge in [0, 0.05) is 34.5 Å². The van der Waals surface area contributed by atoms with Crippen molar-refractivity contribution < 1.29 is 25.2 Å². The van der Waals surface area contributed by atoms with Gasteiger partial charge in [0.2, 0.25) is 0 Å². The number of aryl methyl sites for hydroxylation is 5. The van der Waals surface area contributed by atoms with Crippen molar-refractivity contribution in [1.29, 1.82) is 0 Å². The predicted molar refractivity (Wildman–Crippen MR) is 188 cm³/mol. The number of para-hydroxylation sites is 1. The number of hydrogen-bond donors (Lipinski definition) is 0. The van der Waals surface area contributed by atoms with Crippen molar-refractivity contribution in [2.75, 3.05) is 0 Å². The number of pyridine rings is 1. The molecule has 7 aromatic rings. The Hall–Kier alpha value is -4.50. The quantitative estimate of drug-likeness (QED) is 0.117. The molecule has 0 bridgehead atoms. The van der Waals surface area contributed by atoms with Gasteiger partial charge >= 0.3 is 20.4 Å². The van der Waals surface area contributed by atoms with Crippen molar-refractivity contribution >= 4 is 21.8 Å². The topological polar surface area (TPSA) is 44.9 Å². The zero-order chi connectivity index (χ0) is 31.9. The Kier molecular flexibility index (Phi) is 9.19. The summed E-state index contributed by atoms with van der Waals surface area (Å²) in [5.41, 5.74) is 12.6. The fourth-order valence-corrected chi connectivity index (χ4v) is 6.66. The van der Waals surface area contributed by atoms with Gasteiger partial charge in [0.15, 0.2) is 0 Å². The normalized spacial score (nSPS) is 11.3. The van der Waals surface area contributed by atoms with E-state index in [4.69, 9.17) is 14.8 Å². The van der Waals surface area contributed by atoms with Crippen LogP contribution in [0.5, 0.6) is 11.5 Å². The van der Waals surface area contributed by atoms with Crippen LogP contribution in [0.3, 0.4) is 0 Å². The van der Waals surface area contributed by atoms with Gasteiger partial charge in [0.05, 0.1) is 5.69 Å². The molecule has 0 aliphatic carbocycles. The third-order valence-electron chi connectivity index (χ3n) is 8.89. The third-order valence-corrected chi connectivity index (χ3v) is 8.89. The molecule has 6 heteroatoms. The minimum Gasteiger partial charge on any atom is -0.509 e. The molecule has 3 heterocycles. The molecule has 7 rings (SSSR count). The number of ether oxygens (including phenoxy) is 1. The van der Waals surface area contributed by atoms with Crippen LogP contribution >= 0.6 is 0 Å². The first-order chi connectivity index (χ1) is 22.4. The monoisotopic (exact) mass is 708 g/mol. The standard InChI is InChI=1S/C41H38N4O.Pd/c1-7-29-22-30(45-36(9-3)41(35(8-2)43-45)40-27(5)13-12-14-28(40)6)24-32(23-29)46-31-17-18-34-33-15-10-11-16-37(33)44(38(34)25-31)39-21-26(4)19-20-42-39;/h10-23H,7-9H2,1-6H3;/q-2;+2. The van der Waals surface area contributed by atoms with E-state index in [0.29, 0.717) is 11.5 Å². The Labute approximate surface area is 290 Å². The Morgan fingerprint density at radius 2 is 1.51 bits per heavy atom. The summed E-state index contributed by atoms with van der Waals surface area (Å²) in [5, 5.41) is 7.44. The molecule has 0 N–H and O–H groups in total. The molecule has 5 nitrogen and oxygen atoms in total. The fourth-order valence-electron chi connectivity index (χ4n) is 6.66. The number of aromatic nitrogens is 4. The van der Waals surface area contributed by atoms with Gasteiger partial charge < -0.3 is 9.30 Å². The number of benzene rings is 4. The third kappa shape index (κ3) is 5.82. The van der Waals surface area contributed by atoms with Crippen LogP contribution in [0.4, 0.5) is 0 Å². The number of hydrogen-bond acceptors (Lipinski definition) is 3. The van der Waals surface area contributed by atoms with Crippen molar-refractivity contribution in [2.24, 2.45) is 0 Å². The molecule has 0 atom stereocenters. The molecule has 0 radical (unpaired) electrons. The molecule has 4 aromatic carbocycles. The number of nitrogens with zero attached hydrogens (tertiary/aromatic N) is 4. The second-order valence-corrected chi connectivity index (χ2v) is 12.0. The Morgan fingerprint density at radius 1 is 0.723 bits per heavy atom. The molecule has 0 saturated carbocycles. The van der Waals surface area contributed by atoms with Gasteiger partial charge in [0.25, 0.3) is 0 Å². The van der Waals surface area contributed by atoms with Gasteiger partial charge in [-0.25, -0.2) is 4.98 Å². The molecule has 0 aliphatic heterocycles. The second kappa shape index (κ2) is 13.3. The molecule has 0 saturated heterocycles. The van der Waals surface area contributed by atoms with E-state index in [0.717, 1.165) is 69.4 Å². The summed E-state index contributed by atoms with van der Waals surface area (Å²) in [5.74, 6) is 2.13. The van der Waals surface area contributed by atoms with Crippen LogP contribution in [0.2, 0.25) is 0 Å². The van der Waals surface area contributed by atoms with E-state index in [1.54, 1.807) is 0 Å². The van der Waals surface area contributed by atoms with Gasteiger partial charge in [0.1, 0.15) is 5.82 Å². The number of rotatable bonds is 8. The molecule has 3 aromatic heterocycles. The van der Waals surface area contributed by atoms with E-state index in [2.05, 4.69) is 130 Å². The SMILES string of the molecule is CCc1cc(Oc2[c-]c3c(cc2)c2ccccc2n3-c2cc(C)ccn2)[c-]c(-n2nc(CC)c(-c3c(C)cccc3C)c2CC)c1.[Pd+2]. The average Bonchev–Trinajstić information content (AvgIpc) is 3.60. The van der Waals surface area contributed by atoms with Crippen LogP contribution in [0.15, 0.2) is 85.1 Å². The van der Waals surface area contributed by atoms with E-state index < -0.39 is 0 Å². The minimum absolute atomic E-state index is 0. The van der Waals surface area contributed by atoms with E-state index in [9.17, 15) is 0 Å². The van der Waals surface area contributed by atoms with Gasteiger partial charge in [-0.1, -0.05) is 69.1 Å². The average molecular weight is 709 g/mol. The molecule has 238 valence electrons. The first-order valence-corrected chi connectivity index (χ1v) is 16.2. The maximum absolute atomic E-state index is 6.58. The summed E-state index contributed by atoms with van der Waals surface area (Å²) in [6.45, 7) is 13.0. The van der Waals surface area contributed by atoms with E-state index in [1.807, 2.05) is 18.3 Å². The Balaban J connectivity index is 0.00000386. The Morgan fingerprint density at radius 3 is 2.23 bits per heavy atom. The van der Waals surface area contributed by atoms with Gasteiger partial charge in [-0.2, -0.15) is 16.7 Å². The summed E-state index contributed by atoms with van der Waals surface area (Å²) < 4.78 is 10.8. The van der Waals surface area contributed by atoms with Crippen molar-refractivity contribution in [3.63, 3.8) is 0 Å². The summed E-state index contributed by atoms with van der Waals surface area (Å²) in [6, 6.07) is 34.6. The molecule has 0 aliphatic rings. The van der Waals surface area contributed by atoms with Crippen molar-refractivity contribution in [1.82, 2.24) is 19.3 Å². The zero-order valence-electron chi connectivity index (χ0n) is 27.7. The van der Waals surface area contributed by atoms with Crippen LogP contribution in [0.1, 0.15) is 54.4 Å². The molecule has 0 unspecified atom stereocenters. The van der Waals surface area contributed by atoms with Crippen molar-refractivity contribution in [3.8, 4) is 34.1 Å². The van der Waals surface area contributed by atoms with Crippen LogP contribution in [0.25, 0.3) is 44.4 Å². The maximum atomic E-state index is 6.58. The largest absolute Gasteiger partial charge is 2.00 e. The summed E-state index contributed by atoms with van der Waals surface area (Å²) >= 11 is 0. The van der Waals surface area contributed by atoms with Crippen molar-refractivity contribution in [2.45, 2.75) is 60.8 Å². The van der Waals surface area contributed by atoms with Crippen molar-refractivity contribution in [3.05, 3.63) is 131 Å². The minimum atomic E-state index is 0. The van der Waals surface area contributed by atoms with Crippen LogP contribution in [-0.4, -0.2) is 19.3 Å². The van der Waals surface area contributed by atoms with Crippen LogP contribution in [-0.2, 0) is 39.7 Å².